The van der Waals surface area contributed by atoms with E-state index in [1.54, 1.807) is 0 Å². The molecule has 1 N–H and O–H groups in total. The quantitative estimate of drug-likeness (QED) is 0.307. The Kier molecular flexibility index (Phi) is 11.1. The highest BCUT2D eigenvalue weighted by Gasteiger charge is 2.23. The number of rotatable bonds is 7. The fourth-order valence-electron chi connectivity index (χ4n) is 2.63. The highest BCUT2D eigenvalue weighted by molar-refractivity contribution is 14.0. The third-order valence-electron chi connectivity index (χ3n) is 4.00. The van der Waals surface area contributed by atoms with Crippen molar-refractivity contribution in [3.8, 4) is 0 Å². The summed E-state index contributed by atoms with van der Waals surface area (Å²) < 4.78 is 32.5. The number of hydrogen-bond acceptors (Lipinski definition) is 4. The van der Waals surface area contributed by atoms with E-state index in [0.717, 1.165) is 16.6 Å². The van der Waals surface area contributed by atoms with Crippen LogP contribution in [0.2, 0.25) is 0 Å². The molecule has 1 fully saturated rings. The van der Waals surface area contributed by atoms with Crippen LogP contribution in [0.3, 0.4) is 0 Å². The summed E-state index contributed by atoms with van der Waals surface area (Å²) in [5.74, 6) is 0.709. The highest BCUT2D eigenvalue weighted by atomic mass is 127. The van der Waals surface area contributed by atoms with Gasteiger partial charge in [0.05, 0.1) is 25.5 Å². The van der Waals surface area contributed by atoms with Crippen LogP contribution >= 0.6 is 39.9 Å². The minimum Gasteiger partial charge on any atom is -0.379 e. The molecule has 1 aromatic carbocycles. The van der Waals surface area contributed by atoms with Crippen LogP contribution in [-0.2, 0) is 21.3 Å². The van der Waals surface area contributed by atoms with Crippen molar-refractivity contribution in [3.63, 3.8) is 0 Å². The molecule has 0 radical (unpaired) electrons. The number of nitrogens with one attached hydrogen (secondary N) is 1. The Balaban J connectivity index is 0.00000364. The van der Waals surface area contributed by atoms with Crippen LogP contribution in [-0.4, -0.2) is 75.8 Å². The van der Waals surface area contributed by atoms with Crippen molar-refractivity contribution in [2.45, 2.75) is 13.5 Å². The van der Waals surface area contributed by atoms with Gasteiger partial charge in [0, 0.05) is 37.7 Å². The first-order valence-corrected chi connectivity index (χ1v) is 11.1. The molecule has 27 heavy (non-hydrogen) atoms. The lowest BCUT2D eigenvalue weighted by Gasteiger charge is -2.26. The van der Waals surface area contributed by atoms with Crippen molar-refractivity contribution < 1.29 is 13.2 Å². The number of hydrogen-bond donors (Lipinski definition) is 1. The topological polar surface area (TPSA) is 74.2 Å². The molecular formula is C17H28BrIN4O3S. The van der Waals surface area contributed by atoms with Crippen molar-refractivity contribution in [3.05, 3.63) is 34.3 Å². The average molecular weight is 575 g/mol. The Morgan fingerprint density at radius 2 is 1.93 bits per heavy atom. The molecule has 2 rings (SSSR count). The van der Waals surface area contributed by atoms with Crippen molar-refractivity contribution in [2.75, 3.05) is 52.2 Å². The van der Waals surface area contributed by atoms with Crippen molar-refractivity contribution in [1.82, 2.24) is 14.5 Å². The normalized spacial score (nSPS) is 15.9. The van der Waals surface area contributed by atoms with Crippen molar-refractivity contribution in [1.29, 1.82) is 0 Å². The Morgan fingerprint density at radius 1 is 1.30 bits per heavy atom. The molecule has 1 aliphatic rings. The molecule has 0 aromatic heterocycles. The Morgan fingerprint density at radius 3 is 2.52 bits per heavy atom. The number of guanidine groups is 1. The standard InChI is InChI=1S/C17H27BrN4O3S.HI/c1-3-19-17(21(2)14-15-4-6-16(18)7-5-15)20-8-13-26(23,24)22-9-11-25-12-10-22;/h4-7H,3,8-14H2,1-2H3,(H,19,20);1H. The molecule has 0 amide bonds. The molecule has 0 unspecified atom stereocenters. The molecule has 0 saturated carbocycles. The monoisotopic (exact) mass is 574 g/mol. The van der Waals surface area contributed by atoms with Gasteiger partial charge in [-0.2, -0.15) is 4.31 Å². The summed E-state index contributed by atoms with van der Waals surface area (Å²) in [6, 6.07) is 8.10. The highest BCUT2D eigenvalue weighted by Crippen LogP contribution is 2.12. The van der Waals surface area contributed by atoms with Crippen molar-refractivity contribution in [2.24, 2.45) is 4.99 Å². The second-order valence-electron chi connectivity index (χ2n) is 6.05. The molecule has 1 heterocycles. The molecule has 1 saturated heterocycles. The molecule has 0 atom stereocenters. The van der Waals surface area contributed by atoms with Crippen LogP contribution in [0.4, 0.5) is 0 Å². The van der Waals surface area contributed by atoms with E-state index in [9.17, 15) is 8.42 Å². The first-order valence-electron chi connectivity index (χ1n) is 8.72. The number of ether oxygens (including phenoxy) is 1. The van der Waals surface area contributed by atoms with Gasteiger partial charge in [-0.3, -0.25) is 4.99 Å². The van der Waals surface area contributed by atoms with Gasteiger partial charge in [0.25, 0.3) is 0 Å². The fraction of sp³-hybridized carbons (Fsp3) is 0.588. The van der Waals surface area contributed by atoms with Crippen molar-refractivity contribution >= 4 is 55.9 Å². The summed E-state index contributed by atoms with van der Waals surface area (Å²) in [5, 5.41) is 3.22. The molecule has 0 bridgehead atoms. The summed E-state index contributed by atoms with van der Waals surface area (Å²) >= 11 is 3.43. The SMILES string of the molecule is CCNC(=NCCS(=O)(=O)N1CCOCC1)N(C)Cc1ccc(Br)cc1.I. The average Bonchev–Trinajstić information content (AvgIpc) is 2.63. The van der Waals surface area contributed by atoms with Crippen LogP contribution in [0.15, 0.2) is 33.7 Å². The first-order chi connectivity index (χ1) is 12.4. The second-order valence-corrected chi connectivity index (χ2v) is 9.05. The molecule has 0 aliphatic carbocycles. The van der Waals surface area contributed by atoms with Gasteiger partial charge in [-0.05, 0) is 24.6 Å². The van der Waals surface area contributed by atoms with Gasteiger partial charge >= 0.3 is 0 Å². The zero-order valence-electron chi connectivity index (χ0n) is 15.7. The zero-order chi connectivity index (χ0) is 19.0. The maximum Gasteiger partial charge on any atom is 0.216 e. The summed E-state index contributed by atoms with van der Waals surface area (Å²) in [4.78, 5) is 6.49. The molecule has 1 aliphatic heterocycles. The number of halogens is 2. The summed E-state index contributed by atoms with van der Waals surface area (Å²) in [7, 11) is -1.34. The summed E-state index contributed by atoms with van der Waals surface area (Å²) in [6.07, 6.45) is 0. The van der Waals surface area contributed by atoms with Gasteiger partial charge in [-0.15, -0.1) is 24.0 Å². The van der Waals surface area contributed by atoms with Gasteiger partial charge in [0.1, 0.15) is 0 Å². The van der Waals surface area contributed by atoms with Crippen LogP contribution in [0, 0.1) is 0 Å². The largest absolute Gasteiger partial charge is 0.379 e. The van der Waals surface area contributed by atoms with E-state index in [4.69, 9.17) is 4.74 Å². The Bertz CT molecular complexity index is 695. The van der Waals surface area contributed by atoms with E-state index in [-0.39, 0.29) is 36.3 Å². The number of aliphatic imine (C=N–C) groups is 1. The molecule has 154 valence electrons. The van der Waals surface area contributed by atoms with E-state index in [1.807, 2.05) is 43.1 Å². The van der Waals surface area contributed by atoms with Crippen LogP contribution < -0.4 is 5.32 Å². The van der Waals surface area contributed by atoms with E-state index in [0.29, 0.717) is 38.8 Å². The van der Waals surface area contributed by atoms with E-state index < -0.39 is 10.0 Å². The summed E-state index contributed by atoms with van der Waals surface area (Å²) in [5.41, 5.74) is 1.15. The maximum atomic E-state index is 12.4. The van der Waals surface area contributed by atoms with E-state index >= 15 is 0 Å². The second kappa shape index (κ2) is 12.2. The number of benzene rings is 1. The number of morpholine rings is 1. The van der Waals surface area contributed by atoms with Gasteiger partial charge in [-0.1, -0.05) is 28.1 Å². The Labute approximate surface area is 187 Å². The third-order valence-corrected chi connectivity index (χ3v) is 6.38. The lowest BCUT2D eigenvalue weighted by atomic mass is 10.2. The molecule has 0 spiro atoms. The van der Waals surface area contributed by atoms with E-state index in [2.05, 4.69) is 26.2 Å². The minimum atomic E-state index is -3.29. The van der Waals surface area contributed by atoms with Crippen LogP contribution in [0.1, 0.15) is 12.5 Å². The predicted octanol–water partition coefficient (Wildman–Crippen LogP) is 2.13. The number of nitrogens with zero attached hydrogens (tertiary/aromatic N) is 3. The van der Waals surface area contributed by atoms with E-state index in [1.165, 1.54) is 4.31 Å². The summed E-state index contributed by atoms with van der Waals surface area (Å²) in [6.45, 7) is 5.41. The maximum absolute atomic E-state index is 12.4. The molecular weight excluding hydrogens is 547 g/mol. The first kappa shape index (κ1) is 24.6. The lowest BCUT2D eigenvalue weighted by Crippen LogP contribution is -2.42. The molecule has 7 nitrogen and oxygen atoms in total. The molecule has 1 aromatic rings. The lowest BCUT2D eigenvalue weighted by molar-refractivity contribution is 0.0731. The Hall–Kier alpha value is -0.430. The van der Waals surface area contributed by atoms with Crippen LogP contribution in [0.5, 0.6) is 0 Å². The zero-order valence-corrected chi connectivity index (χ0v) is 20.5. The number of sulfonamides is 1. The van der Waals surface area contributed by atoms with Gasteiger partial charge in [0.15, 0.2) is 5.96 Å². The van der Waals surface area contributed by atoms with Gasteiger partial charge in [0.2, 0.25) is 10.0 Å². The minimum absolute atomic E-state index is 0. The third kappa shape index (κ3) is 8.22. The van der Waals surface area contributed by atoms with Gasteiger partial charge in [-0.25, -0.2) is 8.42 Å². The predicted molar refractivity (Wildman–Crippen MR) is 123 cm³/mol. The fourth-order valence-corrected chi connectivity index (χ4v) is 4.18. The van der Waals surface area contributed by atoms with Gasteiger partial charge < -0.3 is 15.0 Å². The molecule has 10 heteroatoms. The van der Waals surface area contributed by atoms with Crippen LogP contribution in [0.25, 0.3) is 0 Å². The smallest absolute Gasteiger partial charge is 0.216 e.